The lowest BCUT2D eigenvalue weighted by molar-refractivity contribution is -0.139. The van der Waals surface area contributed by atoms with Crippen LogP contribution < -0.4 is 9.47 Å². The molecule has 0 aromatic heterocycles. The average Bonchev–Trinajstić information content (AvgIpc) is 2.62. The Balaban J connectivity index is 2.80. The fourth-order valence-corrected chi connectivity index (χ4v) is 1.73. The predicted octanol–water partition coefficient (Wildman–Crippen LogP) is 1.66. The monoisotopic (exact) mass is 345 g/mol. The summed E-state index contributed by atoms with van der Waals surface area (Å²) >= 11 is 0. The fourth-order valence-electron chi connectivity index (χ4n) is 1.73. The maximum absolute atomic E-state index is 11.4. The minimum Gasteiger partial charge on any atom is -0.493 e. The topological polar surface area (TPSA) is 106 Å². The second kappa shape index (κ2) is 9.90. The van der Waals surface area contributed by atoms with Crippen molar-refractivity contribution in [3.63, 3.8) is 0 Å². The number of benzene rings is 1. The number of aliphatic hydroxyl groups is 1. The van der Waals surface area contributed by atoms with Gasteiger partial charge in [-0.1, -0.05) is 12.6 Å². The van der Waals surface area contributed by atoms with E-state index in [9.17, 15) is 9.59 Å². The summed E-state index contributed by atoms with van der Waals surface area (Å²) in [6.45, 7) is 4.47. The number of ether oxygens (including phenoxy) is 3. The molecule has 0 spiro atoms. The first-order chi connectivity index (χ1) is 11.9. The van der Waals surface area contributed by atoms with Crippen LogP contribution in [0.5, 0.6) is 11.5 Å². The van der Waals surface area contributed by atoms with E-state index in [4.69, 9.17) is 24.6 Å². The van der Waals surface area contributed by atoms with Crippen molar-refractivity contribution in [1.82, 2.24) is 0 Å². The van der Waals surface area contributed by atoms with Crippen molar-refractivity contribution in [3.8, 4) is 17.6 Å². The van der Waals surface area contributed by atoms with Crippen molar-refractivity contribution in [3.05, 3.63) is 41.5 Å². The Labute approximate surface area is 145 Å². The van der Waals surface area contributed by atoms with Gasteiger partial charge in [-0.2, -0.15) is 5.26 Å². The van der Waals surface area contributed by atoms with Gasteiger partial charge >= 0.3 is 5.97 Å². The number of nitrogens with zero attached hydrogens (tertiary/aromatic N) is 1. The summed E-state index contributed by atoms with van der Waals surface area (Å²) in [5.74, 6) is -0.360. The molecule has 25 heavy (non-hydrogen) atoms. The molecule has 7 nitrogen and oxygen atoms in total. The number of ketones is 1. The molecule has 1 aromatic carbocycles. The summed E-state index contributed by atoms with van der Waals surface area (Å²) in [6, 6.07) is 6.54. The van der Waals surface area contributed by atoms with E-state index < -0.39 is 18.4 Å². The normalized spacial score (nSPS) is 10.6. The predicted molar refractivity (Wildman–Crippen MR) is 89.9 cm³/mol. The first-order valence-corrected chi connectivity index (χ1v) is 7.32. The minimum atomic E-state index is -0.735. The third kappa shape index (κ3) is 6.12. The summed E-state index contributed by atoms with van der Waals surface area (Å²) in [5.41, 5.74) is 0.681. The van der Waals surface area contributed by atoms with E-state index in [1.165, 1.54) is 13.2 Å². The molecule has 0 unspecified atom stereocenters. The van der Waals surface area contributed by atoms with E-state index in [2.05, 4.69) is 6.58 Å². The zero-order valence-electron chi connectivity index (χ0n) is 14.1. The highest BCUT2D eigenvalue weighted by atomic mass is 16.6. The molecule has 0 bridgehead atoms. The smallest absolute Gasteiger partial charge is 0.333 e. The summed E-state index contributed by atoms with van der Waals surface area (Å²) in [7, 11) is 1.45. The second-order valence-electron chi connectivity index (χ2n) is 4.93. The first-order valence-electron chi connectivity index (χ1n) is 7.32. The van der Waals surface area contributed by atoms with Crippen LogP contribution in [0.25, 0.3) is 6.08 Å². The molecule has 0 aliphatic rings. The number of rotatable bonds is 9. The molecule has 0 radical (unpaired) electrons. The van der Waals surface area contributed by atoms with Crippen LogP contribution in [0.3, 0.4) is 0 Å². The molecule has 0 fully saturated rings. The number of aliphatic hydroxyl groups excluding tert-OH is 1. The lowest BCUT2D eigenvalue weighted by Gasteiger charge is -2.11. The van der Waals surface area contributed by atoms with Crippen LogP contribution >= 0.6 is 0 Å². The van der Waals surface area contributed by atoms with E-state index in [0.717, 1.165) is 0 Å². The molecule has 7 heteroatoms. The molecule has 0 heterocycles. The van der Waals surface area contributed by atoms with Crippen LogP contribution in [0.15, 0.2) is 35.9 Å². The number of carbonyl (C=O) groups excluding carboxylic acids is 2. The highest BCUT2D eigenvalue weighted by Gasteiger charge is 2.10. The van der Waals surface area contributed by atoms with Gasteiger partial charge in [0.05, 0.1) is 12.7 Å². The van der Waals surface area contributed by atoms with Gasteiger partial charge in [0.25, 0.3) is 0 Å². The molecule has 0 amide bonds. The third-order valence-electron chi connectivity index (χ3n) is 2.99. The quantitative estimate of drug-likeness (QED) is 0.314. The van der Waals surface area contributed by atoms with Gasteiger partial charge in [0, 0.05) is 5.57 Å². The van der Waals surface area contributed by atoms with Crippen molar-refractivity contribution in [1.29, 1.82) is 5.26 Å². The van der Waals surface area contributed by atoms with Crippen LogP contribution in [-0.2, 0) is 14.3 Å². The maximum atomic E-state index is 11.4. The SMILES string of the molecule is C=C(C)C(=O)OCCOc1ccc(/C=C(\C#N)C(=O)CO)cc1OC. The molecular weight excluding hydrogens is 326 g/mol. The van der Waals surface area contributed by atoms with Crippen LogP contribution in [0, 0.1) is 11.3 Å². The van der Waals surface area contributed by atoms with Gasteiger partial charge in [-0.3, -0.25) is 4.79 Å². The molecule has 1 rings (SSSR count). The summed E-state index contributed by atoms with van der Waals surface area (Å²) in [6.07, 6.45) is 1.35. The Morgan fingerprint density at radius 3 is 2.60 bits per heavy atom. The van der Waals surface area contributed by atoms with Crippen LogP contribution in [0.4, 0.5) is 0 Å². The standard InChI is InChI=1S/C18H19NO6/c1-12(2)18(22)25-7-6-24-16-5-4-13(9-17(16)23-3)8-14(10-19)15(21)11-20/h4-5,8-9,20H,1,6-7,11H2,2-3H3/b14-8+. The molecule has 0 aliphatic heterocycles. The molecule has 1 N–H and O–H groups in total. The Bertz CT molecular complexity index is 730. The van der Waals surface area contributed by atoms with Crippen molar-refractivity contribution >= 4 is 17.8 Å². The Kier molecular flexibility index (Phi) is 7.90. The van der Waals surface area contributed by atoms with Crippen LogP contribution in [0.2, 0.25) is 0 Å². The Hall–Kier alpha value is -3.11. The fraction of sp³-hybridized carbons (Fsp3) is 0.278. The van der Waals surface area contributed by atoms with Gasteiger partial charge in [0.2, 0.25) is 0 Å². The Morgan fingerprint density at radius 1 is 1.32 bits per heavy atom. The van der Waals surface area contributed by atoms with Crippen LogP contribution in [-0.4, -0.2) is 43.8 Å². The van der Waals surface area contributed by atoms with Crippen molar-refractivity contribution < 1.29 is 28.9 Å². The summed E-state index contributed by atoms with van der Waals surface area (Å²) in [4.78, 5) is 22.7. The van der Waals surface area contributed by atoms with Crippen LogP contribution in [0.1, 0.15) is 12.5 Å². The summed E-state index contributed by atoms with van der Waals surface area (Å²) in [5, 5.41) is 17.8. The van der Waals surface area contributed by atoms with E-state index in [0.29, 0.717) is 22.6 Å². The number of carbonyl (C=O) groups is 2. The van der Waals surface area contributed by atoms with E-state index >= 15 is 0 Å². The molecule has 0 saturated heterocycles. The number of esters is 1. The molecule has 0 aliphatic carbocycles. The first kappa shape index (κ1) is 19.9. The average molecular weight is 345 g/mol. The zero-order valence-corrected chi connectivity index (χ0v) is 14.1. The van der Waals surface area contributed by atoms with Gasteiger partial charge in [-0.15, -0.1) is 0 Å². The number of hydrogen-bond donors (Lipinski definition) is 1. The highest BCUT2D eigenvalue weighted by Crippen LogP contribution is 2.29. The number of hydrogen-bond acceptors (Lipinski definition) is 7. The highest BCUT2D eigenvalue weighted by molar-refractivity contribution is 6.03. The summed E-state index contributed by atoms with van der Waals surface area (Å²) < 4.78 is 15.6. The van der Waals surface area contributed by atoms with E-state index in [-0.39, 0.29) is 18.8 Å². The van der Waals surface area contributed by atoms with Gasteiger partial charge < -0.3 is 19.3 Å². The van der Waals surface area contributed by atoms with Gasteiger partial charge in [-0.25, -0.2) is 4.79 Å². The second-order valence-corrected chi connectivity index (χ2v) is 4.93. The molecule has 0 atom stereocenters. The van der Waals surface area contributed by atoms with Crippen molar-refractivity contribution in [2.75, 3.05) is 26.9 Å². The van der Waals surface area contributed by atoms with Gasteiger partial charge in [-0.05, 0) is 30.7 Å². The largest absolute Gasteiger partial charge is 0.493 e. The molecule has 132 valence electrons. The lowest BCUT2D eigenvalue weighted by Crippen LogP contribution is -2.12. The molecule has 1 aromatic rings. The van der Waals surface area contributed by atoms with Crippen molar-refractivity contribution in [2.45, 2.75) is 6.92 Å². The van der Waals surface area contributed by atoms with Gasteiger partial charge in [0.15, 0.2) is 17.3 Å². The van der Waals surface area contributed by atoms with Gasteiger partial charge in [0.1, 0.15) is 25.9 Å². The van der Waals surface area contributed by atoms with Crippen molar-refractivity contribution in [2.24, 2.45) is 0 Å². The Morgan fingerprint density at radius 2 is 2.04 bits per heavy atom. The number of nitriles is 1. The number of Topliss-reactive ketones (excluding diaryl/α,β-unsaturated/α-hetero) is 1. The zero-order chi connectivity index (χ0) is 18.8. The third-order valence-corrected chi connectivity index (χ3v) is 2.99. The lowest BCUT2D eigenvalue weighted by atomic mass is 10.1. The van der Waals surface area contributed by atoms with E-state index in [1.54, 1.807) is 31.2 Å². The molecular formula is C18H19NO6. The van der Waals surface area contributed by atoms with E-state index in [1.807, 2.05) is 0 Å². The number of methoxy groups -OCH3 is 1. The maximum Gasteiger partial charge on any atom is 0.333 e. The minimum absolute atomic E-state index is 0.0556. The molecule has 0 saturated carbocycles.